The summed E-state index contributed by atoms with van der Waals surface area (Å²) >= 11 is 5.87. The van der Waals surface area contributed by atoms with Crippen LogP contribution >= 0.6 is 39.0 Å². The first-order valence-corrected chi connectivity index (χ1v) is 11.5. The van der Waals surface area contributed by atoms with Gasteiger partial charge in [-0.2, -0.15) is 0 Å². The number of anilines is 3. The molecule has 3 amide bonds. The van der Waals surface area contributed by atoms with Crippen molar-refractivity contribution < 1.29 is 18.8 Å². The molecule has 0 aliphatic carbocycles. The van der Waals surface area contributed by atoms with Gasteiger partial charge >= 0.3 is 0 Å². The standard InChI is InChI=1S/C19H17BrN4O4S2/c1-11(25)21-12-2-4-13(5-3-12)22-17(26)10-29-8-14-9-30-19(23-14)24-18(27)15-6-7-16(20)28-15/h2-7,9H,8,10H2,1H3,(H,21,25)(H,22,26)(H,23,24,27). The second-order valence-corrected chi connectivity index (χ2v) is 8.63. The van der Waals surface area contributed by atoms with Gasteiger partial charge in [-0.1, -0.05) is 0 Å². The van der Waals surface area contributed by atoms with E-state index in [0.717, 1.165) is 5.69 Å². The normalized spacial score (nSPS) is 10.5. The summed E-state index contributed by atoms with van der Waals surface area (Å²) in [5.74, 6) is 0.315. The number of benzene rings is 1. The average Bonchev–Trinajstić information content (AvgIpc) is 3.32. The summed E-state index contributed by atoms with van der Waals surface area (Å²) in [6.07, 6.45) is 0. The minimum atomic E-state index is -0.377. The Morgan fingerprint density at radius 2 is 1.77 bits per heavy atom. The van der Waals surface area contributed by atoms with Crippen molar-refractivity contribution in [1.82, 2.24) is 4.98 Å². The molecule has 0 radical (unpaired) electrons. The number of aromatic nitrogens is 1. The van der Waals surface area contributed by atoms with Crippen LogP contribution in [0.4, 0.5) is 16.5 Å². The Morgan fingerprint density at radius 3 is 2.40 bits per heavy atom. The highest BCUT2D eigenvalue weighted by molar-refractivity contribution is 9.10. The molecule has 156 valence electrons. The van der Waals surface area contributed by atoms with Gasteiger partial charge in [0.05, 0.1) is 11.4 Å². The Bertz CT molecular complexity index is 1050. The van der Waals surface area contributed by atoms with Gasteiger partial charge in [0.15, 0.2) is 15.6 Å². The maximum Gasteiger partial charge on any atom is 0.293 e. The van der Waals surface area contributed by atoms with Crippen molar-refractivity contribution in [2.45, 2.75) is 12.7 Å². The molecule has 8 nitrogen and oxygen atoms in total. The summed E-state index contributed by atoms with van der Waals surface area (Å²) in [5, 5.41) is 10.4. The van der Waals surface area contributed by atoms with Crippen molar-refractivity contribution in [2.24, 2.45) is 0 Å². The van der Waals surface area contributed by atoms with Crippen LogP contribution in [0, 0.1) is 0 Å². The summed E-state index contributed by atoms with van der Waals surface area (Å²) in [6.45, 7) is 1.43. The number of nitrogens with zero attached hydrogens (tertiary/aromatic N) is 1. The number of carbonyl (C=O) groups is 3. The lowest BCUT2D eigenvalue weighted by Crippen LogP contribution is -2.14. The van der Waals surface area contributed by atoms with Gasteiger partial charge in [-0.15, -0.1) is 23.1 Å². The fourth-order valence-electron chi connectivity index (χ4n) is 2.31. The Hall–Kier alpha value is -2.63. The largest absolute Gasteiger partial charge is 0.444 e. The summed E-state index contributed by atoms with van der Waals surface area (Å²) in [5.41, 5.74) is 2.09. The minimum absolute atomic E-state index is 0.139. The third-order valence-electron chi connectivity index (χ3n) is 3.54. The molecule has 0 aliphatic heterocycles. The molecule has 0 fully saturated rings. The van der Waals surface area contributed by atoms with Crippen LogP contribution in [-0.2, 0) is 15.3 Å². The summed E-state index contributed by atoms with van der Waals surface area (Å²) in [6, 6.07) is 10.1. The second-order valence-electron chi connectivity index (χ2n) is 6.00. The molecule has 3 N–H and O–H groups in total. The van der Waals surface area contributed by atoms with Crippen molar-refractivity contribution in [2.75, 3.05) is 21.7 Å². The number of rotatable bonds is 8. The monoisotopic (exact) mass is 508 g/mol. The zero-order chi connectivity index (χ0) is 21.5. The molecule has 0 saturated heterocycles. The fraction of sp³-hybridized carbons (Fsp3) is 0.158. The molecule has 2 heterocycles. The zero-order valence-electron chi connectivity index (χ0n) is 15.7. The summed E-state index contributed by atoms with van der Waals surface area (Å²) in [4.78, 5) is 39.5. The molecule has 1 aromatic carbocycles. The van der Waals surface area contributed by atoms with E-state index in [0.29, 0.717) is 26.9 Å². The van der Waals surface area contributed by atoms with Gasteiger partial charge < -0.3 is 15.1 Å². The lowest BCUT2D eigenvalue weighted by molar-refractivity contribution is -0.114. The Morgan fingerprint density at radius 1 is 1.07 bits per heavy atom. The number of halogens is 1. The first-order chi connectivity index (χ1) is 14.4. The van der Waals surface area contributed by atoms with Gasteiger partial charge in [0.25, 0.3) is 5.91 Å². The van der Waals surface area contributed by atoms with E-state index in [1.807, 2.05) is 5.38 Å². The van der Waals surface area contributed by atoms with Crippen LogP contribution in [0.3, 0.4) is 0 Å². The topological polar surface area (TPSA) is 113 Å². The molecular formula is C19H17BrN4O4S2. The smallest absolute Gasteiger partial charge is 0.293 e. The molecular weight excluding hydrogens is 492 g/mol. The molecule has 30 heavy (non-hydrogen) atoms. The molecule has 0 aliphatic rings. The number of hydrogen-bond acceptors (Lipinski definition) is 7. The zero-order valence-corrected chi connectivity index (χ0v) is 18.9. The van der Waals surface area contributed by atoms with Gasteiger partial charge in [0, 0.05) is 29.4 Å². The van der Waals surface area contributed by atoms with Crippen LogP contribution in [0.5, 0.6) is 0 Å². The SMILES string of the molecule is CC(=O)Nc1ccc(NC(=O)CSCc2csc(NC(=O)c3ccc(Br)o3)n2)cc1. The minimum Gasteiger partial charge on any atom is -0.444 e. The van der Waals surface area contributed by atoms with Crippen LogP contribution in [-0.4, -0.2) is 28.5 Å². The van der Waals surface area contributed by atoms with Crippen LogP contribution < -0.4 is 16.0 Å². The Balaban J connectivity index is 1.41. The molecule has 3 aromatic rings. The van der Waals surface area contributed by atoms with E-state index in [2.05, 4.69) is 36.9 Å². The van der Waals surface area contributed by atoms with Crippen molar-refractivity contribution >= 4 is 73.3 Å². The second kappa shape index (κ2) is 10.4. The van der Waals surface area contributed by atoms with Crippen molar-refractivity contribution in [1.29, 1.82) is 0 Å². The molecule has 0 saturated carbocycles. The predicted molar refractivity (Wildman–Crippen MR) is 122 cm³/mol. The van der Waals surface area contributed by atoms with Crippen LogP contribution in [0.2, 0.25) is 0 Å². The van der Waals surface area contributed by atoms with E-state index in [1.54, 1.807) is 36.4 Å². The number of furan rings is 1. The Kier molecular flexibility index (Phi) is 7.66. The molecule has 0 atom stereocenters. The first-order valence-electron chi connectivity index (χ1n) is 8.65. The van der Waals surface area contributed by atoms with Gasteiger partial charge in [-0.05, 0) is 52.3 Å². The summed E-state index contributed by atoms with van der Waals surface area (Å²) in [7, 11) is 0. The number of thiazole rings is 1. The molecule has 2 aromatic heterocycles. The molecule has 11 heteroatoms. The number of thioether (sulfide) groups is 1. The highest BCUT2D eigenvalue weighted by Gasteiger charge is 2.13. The quantitative estimate of drug-likeness (QED) is 0.410. The van der Waals surface area contributed by atoms with Crippen molar-refractivity contribution in [3.05, 3.63) is 57.9 Å². The van der Waals surface area contributed by atoms with Crippen LogP contribution in [0.25, 0.3) is 0 Å². The summed E-state index contributed by atoms with van der Waals surface area (Å²) < 4.78 is 5.68. The molecule has 0 bridgehead atoms. The third kappa shape index (κ3) is 6.71. The average molecular weight is 509 g/mol. The fourth-order valence-corrected chi connectivity index (χ4v) is 4.15. The molecule has 0 unspecified atom stereocenters. The Labute approximate surface area is 189 Å². The third-order valence-corrected chi connectivity index (χ3v) is 5.74. The predicted octanol–water partition coefficient (Wildman–Crippen LogP) is 4.58. The lowest BCUT2D eigenvalue weighted by atomic mass is 10.3. The van der Waals surface area contributed by atoms with Crippen molar-refractivity contribution in [3.63, 3.8) is 0 Å². The van der Waals surface area contributed by atoms with E-state index in [4.69, 9.17) is 4.42 Å². The van der Waals surface area contributed by atoms with Crippen LogP contribution in [0.15, 0.2) is 50.9 Å². The van der Waals surface area contributed by atoms with Gasteiger partial charge in [-0.3, -0.25) is 19.7 Å². The van der Waals surface area contributed by atoms with E-state index >= 15 is 0 Å². The van der Waals surface area contributed by atoms with Gasteiger partial charge in [0.2, 0.25) is 11.8 Å². The maximum absolute atomic E-state index is 12.1. The highest BCUT2D eigenvalue weighted by Crippen LogP contribution is 2.22. The highest BCUT2D eigenvalue weighted by atomic mass is 79.9. The van der Waals surface area contributed by atoms with E-state index < -0.39 is 0 Å². The maximum atomic E-state index is 12.1. The number of nitrogens with one attached hydrogen (secondary N) is 3. The van der Waals surface area contributed by atoms with Crippen molar-refractivity contribution in [3.8, 4) is 0 Å². The van der Waals surface area contributed by atoms with Gasteiger partial charge in [-0.25, -0.2) is 4.98 Å². The first kappa shape index (κ1) is 22.1. The number of hydrogen-bond donors (Lipinski definition) is 3. The van der Waals surface area contributed by atoms with E-state index in [-0.39, 0.29) is 29.2 Å². The number of amides is 3. The van der Waals surface area contributed by atoms with Gasteiger partial charge in [0.1, 0.15) is 0 Å². The van der Waals surface area contributed by atoms with E-state index in [1.165, 1.54) is 30.0 Å². The lowest BCUT2D eigenvalue weighted by Gasteiger charge is -2.06. The molecule has 3 rings (SSSR count). The molecule has 0 spiro atoms. The van der Waals surface area contributed by atoms with Crippen LogP contribution in [0.1, 0.15) is 23.2 Å². The van der Waals surface area contributed by atoms with E-state index in [9.17, 15) is 14.4 Å². The number of carbonyl (C=O) groups excluding carboxylic acids is 3.